The average molecular weight is 293 g/mol. The molecule has 0 saturated heterocycles. The van der Waals surface area contributed by atoms with Crippen LogP contribution in [0.3, 0.4) is 0 Å². The third-order valence-electron chi connectivity index (χ3n) is 4.43. The third kappa shape index (κ3) is 3.46. The summed E-state index contributed by atoms with van der Waals surface area (Å²) in [7, 11) is 0. The fourth-order valence-corrected chi connectivity index (χ4v) is 3.49. The van der Waals surface area contributed by atoms with E-state index in [1.54, 1.807) is 0 Å². The number of likely N-dealkylation sites (N-methyl/N-ethyl adjacent to an activating group) is 1. The van der Waals surface area contributed by atoms with Gasteiger partial charge >= 0.3 is 5.97 Å². The van der Waals surface area contributed by atoms with E-state index < -0.39 is 5.54 Å². The Kier molecular flexibility index (Phi) is 5.39. The molecule has 1 fully saturated rings. The Bertz CT molecular complexity index is 472. The van der Waals surface area contributed by atoms with Crippen LogP contribution in [0.2, 0.25) is 0 Å². The number of ether oxygens (including phenoxy) is 1. The van der Waals surface area contributed by atoms with E-state index in [-0.39, 0.29) is 5.97 Å². The van der Waals surface area contributed by atoms with Gasteiger partial charge in [0.15, 0.2) is 0 Å². The highest BCUT2D eigenvalue weighted by molar-refractivity contribution is 5.81. The second-order valence-corrected chi connectivity index (χ2v) is 5.82. The van der Waals surface area contributed by atoms with Crippen molar-refractivity contribution in [2.45, 2.75) is 58.5 Å². The monoisotopic (exact) mass is 293 g/mol. The van der Waals surface area contributed by atoms with Crippen molar-refractivity contribution >= 4 is 5.97 Å². The second-order valence-electron chi connectivity index (χ2n) is 5.82. The Balaban J connectivity index is 2.06. The molecule has 1 saturated carbocycles. The molecule has 1 aromatic heterocycles. The molecule has 5 heteroatoms. The van der Waals surface area contributed by atoms with Crippen LogP contribution in [-0.4, -0.2) is 34.4 Å². The van der Waals surface area contributed by atoms with Crippen LogP contribution >= 0.6 is 0 Å². The molecule has 1 aliphatic carbocycles. The average Bonchev–Trinajstić information content (AvgIpc) is 3.04. The lowest BCUT2D eigenvalue weighted by molar-refractivity contribution is -0.153. The highest BCUT2D eigenvalue weighted by Gasteiger charge is 2.49. The highest BCUT2D eigenvalue weighted by Crippen LogP contribution is 2.39. The summed E-state index contributed by atoms with van der Waals surface area (Å²) in [6.45, 7) is 7.99. The first kappa shape index (κ1) is 16.0. The minimum atomic E-state index is -0.493. The summed E-state index contributed by atoms with van der Waals surface area (Å²) in [5.41, 5.74) is 0.539. The standard InChI is InChI=1S/C16H27N3O2/c1-4-17-16(15(20)21-5-2)10-6-7-14(16)9-12-19-11-8-13(3)18-19/h8,11,14,17H,4-7,9-10,12H2,1-3H3. The molecule has 0 aliphatic heterocycles. The molecule has 1 aliphatic rings. The van der Waals surface area contributed by atoms with E-state index in [1.165, 1.54) is 0 Å². The molecule has 0 amide bonds. The molecule has 118 valence electrons. The zero-order valence-corrected chi connectivity index (χ0v) is 13.4. The summed E-state index contributed by atoms with van der Waals surface area (Å²) in [5.74, 6) is 0.243. The summed E-state index contributed by atoms with van der Waals surface area (Å²) >= 11 is 0. The number of aromatic nitrogens is 2. The van der Waals surface area contributed by atoms with Crippen LogP contribution in [0.5, 0.6) is 0 Å². The van der Waals surface area contributed by atoms with Gasteiger partial charge in [-0.15, -0.1) is 0 Å². The van der Waals surface area contributed by atoms with Crippen molar-refractivity contribution in [2.24, 2.45) is 5.92 Å². The van der Waals surface area contributed by atoms with Crippen LogP contribution in [0.25, 0.3) is 0 Å². The molecule has 2 atom stereocenters. The summed E-state index contributed by atoms with van der Waals surface area (Å²) in [6, 6.07) is 2.01. The van der Waals surface area contributed by atoms with Crippen LogP contribution in [0.4, 0.5) is 0 Å². The minimum Gasteiger partial charge on any atom is -0.465 e. The lowest BCUT2D eigenvalue weighted by atomic mass is 9.84. The first-order valence-electron chi connectivity index (χ1n) is 8.04. The number of nitrogens with zero attached hydrogens (tertiary/aromatic N) is 2. The van der Waals surface area contributed by atoms with E-state index in [4.69, 9.17) is 4.74 Å². The Morgan fingerprint density at radius 2 is 2.38 bits per heavy atom. The minimum absolute atomic E-state index is 0.0778. The number of carbonyl (C=O) groups excluding carboxylic acids is 1. The van der Waals surface area contributed by atoms with Crippen molar-refractivity contribution in [1.82, 2.24) is 15.1 Å². The van der Waals surface area contributed by atoms with Gasteiger partial charge in [0.25, 0.3) is 0 Å². The van der Waals surface area contributed by atoms with Crippen LogP contribution < -0.4 is 5.32 Å². The predicted octanol–water partition coefficient (Wildman–Crippen LogP) is 2.29. The SMILES string of the molecule is CCNC1(C(=O)OCC)CCCC1CCn1ccc(C)n1. The second kappa shape index (κ2) is 7.07. The van der Waals surface area contributed by atoms with Crippen LogP contribution in [-0.2, 0) is 16.1 Å². The molecule has 0 radical (unpaired) electrons. The van der Waals surface area contributed by atoms with Crippen molar-refractivity contribution in [1.29, 1.82) is 0 Å². The lowest BCUT2D eigenvalue weighted by Gasteiger charge is -2.34. The number of nitrogens with one attached hydrogen (secondary N) is 1. The number of esters is 1. The van der Waals surface area contributed by atoms with E-state index in [9.17, 15) is 4.79 Å². The Labute approximate surface area is 127 Å². The zero-order valence-electron chi connectivity index (χ0n) is 13.4. The fraction of sp³-hybridized carbons (Fsp3) is 0.750. The first-order valence-corrected chi connectivity index (χ1v) is 8.04. The van der Waals surface area contributed by atoms with E-state index in [0.29, 0.717) is 12.5 Å². The zero-order chi connectivity index (χ0) is 15.3. The quantitative estimate of drug-likeness (QED) is 0.784. The molecule has 0 spiro atoms. The molecular weight excluding hydrogens is 266 g/mol. The largest absolute Gasteiger partial charge is 0.465 e. The number of hydrogen-bond donors (Lipinski definition) is 1. The maximum Gasteiger partial charge on any atom is 0.326 e. The summed E-state index contributed by atoms with van der Waals surface area (Å²) < 4.78 is 7.31. The van der Waals surface area contributed by atoms with Gasteiger partial charge < -0.3 is 10.1 Å². The van der Waals surface area contributed by atoms with E-state index in [2.05, 4.69) is 10.4 Å². The Morgan fingerprint density at radius 3 is 3.00 bits per heavy atom. The summed E-state index contributed by atoms with van der Waals surface area (Å²) in [6.07, 6.45) is 5.99. The number of carbonyl (C=O) groups is 1. The molecular formula is C16H27N3O2. The van der Waals surface area contributed by atoms with Gasteiger partial charge in [-0.25, -0.2) is 0 Å². The molecule has 1 heterocycles. The van der Waals surface area contributed by atoms with Crippen LogP contribution in [0, 0.1) is 12.8 Å². The van der Waals surface area contributed by atoms with Crippen LogP contribution in [0.1, 0.15) is 45.2 Å². The van der Waals surface area contributed by atoms with Gasteiger partial charge in [0.1, 0.15) is 5.54 Å². The van der Waals surface area contributed by atoms with E-state index in [0.717, 1.165) is 44.5 Å². The normalized spacial score (nSPS) is 25.2. The van der Waals surface area contributed by atoms with Crippen molar-refractivity contribution in [3.05, 3.63) is 18.0 Å². The first-order chi connectivity index (χ1) is 10.1. The smallest absolute Gasteiger partial charge is 0.326 e. The molecule has 5 nitrogen and oxygen atoms in total. The van der Waals surface area contributed by atoms with Gasteiger partial charge in [-0.1, -0.05) is 13.3 Å². The van der Waals surface area contributed by atoms with Crippen molar-refractivity contribution < 1.29 is 9.53 Å². The summed E-state index contributed by atoms with van der Waals surface area (Å²) in [5, 5.41) is 7.86. The van der Waals surface area contributed by atoms with Crippen LogP contribution in [0.15, 0.2) is 12.3 Å². The highest BCUT2D eigenvalue weighted by atomic mass is 16.5. The van der Waals surface area contributed by atoms with Gasteiger partial charge in [-0.05, 0) is 51.6 Å². The fourth-order valence-electron chi connectivity index (χ4n) is 3.49. The number of hydrogen-bond acceptors (Lipinski definition) is 4. The van der Waals surface area contributed by atoms with Gasteiger partial charge in [-0.3, -0.25) is 9.48 Å². The summed E-state index contributed by atoms with van der Waals surface area (Å²) in [4.78, 5) is 12.5. The van der Waals surface area contributed by atoms with E-state index in [1.807, 2.05) is 37.7 Å². The molecule has 0 bridgehead atoms. The van der Waals surface area contributed by atoms with Gasteiger partial charge in [-0.2, -0.15) is 5.10 Å². The Morgan fingerprint density at radius 1 is 1.57 bits per heavy atom. The maximum absolute atomic E-state index is 12.5. The molecule has 1 aromatic rings. The van der Waals surface area contributed by atoms with Gasteiger partial charge in [0, 0.05) is 12.7 Å². The lowest BCUT2D eigenvalue weighted by Crippen LogP contribution is -2.55. The third-order valence-corrected chi connectivity index (χ3v) is 4.43. The van der Waals surface area contributed by atoms with Crippen molar-refractivity contribution in [3.63, 3.8) is 0 Å². The molecule has 0 aromatic carbocycles. The molecule has 2 unspecified atom stereocenters. The topological polar surface area (TPSA) is 56.1 Å². The van der Waals surface area contributed by atoms with Gasteiger partial charge in [0.05, 0.1) is 12.3 Å². The molecule has 21 heavy (non-hydrogen) atoms. The molecule has 2 rings (SSSR count). The molecule has 1 N–H and O–H groups in total. The van der Waals surface area contributed by atoms with Crippen molar-refractivity contribution in [3.8, 4) is 0 Å². The number of rotatable bonds is 7. The van der Waals surface area contributed by atoms with Gasteiger partial charge in [0.2, 0.25) is 0 Å². The van der Waals surface area contributed by atoms with Crippen molar-refractivity contribution in [2.75, 3.05) is 13.2 Å². The Hall–Kier alpha value is -1.36. The number of aryl methyl sites for hydroxylation is 2. The predicted molar refractivity (Wildman–Crippen MR) is 82.0 cm³/mol. The maximum atomic E-state index is 12.5. The van der Waals surface area contributed by atoms with E-state index >= 15 is 0 Å².